The minimum absolute atomic E-state index is 0.134. The predicted octanol–water partition coefficient (Wildman–Crippen LogP) is 1.42. The Bertz CT molecular complexity index is 799. The van der Waals surface area contributed by atoms with E-state index in [0.717, 1.165) is 5.69 Å². The number of hydrogen-bond donors (Lipinski definition) is 3. The number of para-hydroxylation sites is 1. The summed E-state index contributed by atoms with van der Waals surface area (Å²) in [6, 6.07) is 7.99. The molecule has 0 saturated carbocycles. The molecule has 3 saturated heterocycles. The quantitative estimate of drug-likeness (QED) is 0.675. The van der Waals surface area contributed by atoms with Crippen molar-refractivity contribution < 1.29 is 29.3 Å². The fourth-order valence-electron chi connectivity index (χ4n) is 5.18. The molecule has 8 heteroatoms. The molecular formula is C20H24N2O6. The molecule has 1 aromatic carbocycles. The maximum Gasteiger partial charge on any atom is 0.326 e. The van der Waals surface area contributed by atoms with Gasteiger partial charge in [0.1, 0.15) is 6.04 Å². The summed E-state index contributed by atoms with van der Waals surface area (Å²) in [6.07, 6.45) is 0.706. The van der Waals surface area contributed by atoms with Crippen molar-refractivity contribution in [2.75, 3.05) is 11.9 Å². The lowest BCUT2D eigenvalue weighted by Crippen LogP contribution is -2.65. The van der Waals surface area contributed by atoms with Crippen molar-refractivity contribution in [2.45, 2.75) is 50.0 Å². The van der Waals surface area contributed by atoms with Crippen LogP contribution in [0.4, 0.5) is 5.69 Å². The van der Waals surface area contributed by atoms with Gasteiger partial charge in [-0.1, -0.05) is 18.2 Å². The molecule has 0 aliphatic carbocycles. The first kappa shape index (κ1) is 18.7. The number of nitrogens with zero attached hydrogens (tertiary/aromatic N) is 1. The Hall–Kier alpha value is -2.61. The number of benzene rings is 1. The summed E-state index contributed by atoms with van der Waals surface area (Å²) in [6.45, 7) is 2.15. The zero-order valence-electron chi connectivity index (χ0n) is 15.6. The fourth-order valence-corrected chi connectivity index (χ4v) is 5.18. The highest BCUT2D eigenvalue weighted by Crippen LogP contribution is 2.56. The Morgan fingerprint density at radius 2 is 2.00 bits per heavy atom. The second-order valence-corrected chi connectivity index (χ2v) is 8.00. The third kappa shape index (κ3) is 2.83. The topological polar surface area (TPSA) is 116 Å². The van der Waals surface area contributed by atoms with E-state index in [0.29, 0.717) is 19.4 Å². The van der Waals surface area contributed by atoms with Gasteiger partial charge in [0.2, 0.25) is 5.91 Å². The Morgan fingerprint density at radius 1 is 1.29 bits per heavy atom. The second kappa shape index (κ2) is 6.77. The number of carbonyl (C=O) groups is 3. The van der Waals surface area contributed by atoms with Gasteiger partial charge in [-0.2, -0.15) is 0 Å². The number of nitrogens with one attached hydrogen (secondary N) is 1. The second-order valence-electron chi connectivity index (χ2n) is 8.00. The van der Waals surface area contributed by atoms with Crippen molar-refractivity contribution in [1.82, 2.24) is 4.90 Å². The summed E-state index contributed by atoms with van der Waals surface area (Å²) >= 11 is 0. The first-order chi connectivity index (χ1) is 13.3. The smallest absolute Gasteiger partial charge is 0.326 e. The molecule has 1 amide bonds. The molecule has 6 atom stereocenters. The van der Waals surface area contributed by atoms with E-state index in [1.807, 2.05) is 30.3 Å². The molecule has 1 aromatic rings. The number of hydrogen-bond acceptors (Lipinski definition) is 5. The molecule has 3 aliphatic heterocycles. The van der Waals surface area contributed by atoms with E-state index in [4.69, 9.17) is 4.74 Å². The lowest BCUT2D eigenvalue weighted by Gasteiger charge is -2.48. The van der Waals surface area contributed by atoms with Crippen molar-refractivity contribution in [1.29, 1.82) is 0 Å². The van der Waals surface area contributed by atoms with Crippen molar-refractivity contribution >= 4 is 23.5 Å². The first-order valence-corrected chi connectivity index (χ1v) is 9.58. The van der Waals surface area contributed by atoms with Crippen molar-refractivity contribution in [3.05, 3.63) is 30.3 Å². The summed E-state index contributed by atoms with van der Waals surface area (Å²) in [7, 11) is 0. The monoisotopic (exact) mass is 388 g/mol. The maximum atomic E-state index is 13.4. The Balaban J connectivity index is 1.59. The Kier molecular flexibility index (Phi) is 4.53. The zero-order chi connectivity index (χ0) is 20.1. The Morgan fingerprint density at radius 3 is 2.64 bits per heavy atom. The van der Waals surface area contributed by atoms with Gasteiger partial charge in [-0.15, -0.1) is 0 Å². The van der Waals surface area contributed by atoms with Crippen LogP contribution in [0.3, 0.4) is 0 Å². The van der Waals surface area contributed by atoms with Gasteiger partial charge >= 0.3 is 11.9 Å². The number of anilines is 1. The van der Waals surface area contributed by atoms with Gasteiger partial charge in [-0.05, 0) is 31.9 Å². The number of amides is 1. The van der Waals surface area contributed by atoms with E-state index in [1.165, 1.54) is 4.90 Å². The van der Waals surface area contributed by atoms with Gasteiger partial charge in [0.25, 0.3) is 0 Å². The average Bonchev–Trinajstić information content (AvgIpc) is 3.22. The molecule has 3 N–H and O–H groups in total. The SMILES string of the molecule is CC(CNc1ccccc1)N1C(=O)C2C(C(=O)O)C3CCC2(CC1C(=O)O)O3. The predicted molar refractivity (Wildman–Crippen MR) is 98.7 cm³/mol. The molecule has 28 heavy (non-hydrogen) atoms. The summed E-state index contributed by atoms with van der Waals surface area (Å²) in [4.78, 5) is 38.5. The van der Waals surface area contributed by atoms with E-state index >= 15 is 0 Å². The van der Waals surface area contributed by atoms with Crippen LogP contribution in [0, 0.1) is 11.8 Å². The molecule has 6 unspecified atom stereocenters. The Labute approximate surface area is 162 Å². The fraction of sp³-hybridized carbons (Fsp3) is 0.550. The van der Waals surface area contributed by atoms with Crippen molar-refractivity contribution in [3.63, 3.8) is 0 Å². The molecule has 2 bridgehead atoms. The van der Waals surface area contributed by atoms with Gasteiger partial charge in [-0.3, -0.25) is 9.59 Å². The minimum atomic E-state index is -1.08. The van der Waals surface area contributed by atoms with Crippen molar-refractivity contribution in [2.24, 2.45) is 11.8 Å². The molecule has 0 radical (unpaired) electrons. The van der Waals surface area contributed by atoms with Crippen LogP contribution in [-0.2, 0) is 19.1 Å². The van der Waals surface area contributed by atoms with E-state index < -0.39 is 53.5 Å². The van der Waals surface area contributed by atoms with Crippen LogP contribution in [0.15, 0.2) is 30.3 Å². The number of fused-ring (bicyclic) bond motifs is 1. The van der Waals surface area contributed by atoms with Gasteiger partial charge in [0.05, 0.1) is 23.5 Å². The molecule has 8 nitrogen and oxygen atoms in total. The zero-order valence-corrected chi connectivity index (χ0v) is 15.6. The largest absolute Gasteiger partial charge is 0.481 e. The minimum Gasteiger partial charge on any atom is -0.481 e. The maximum absolute atomic E-state index is 13.4. The highest BCUT2D eigenvalue weighted by molar-refractivity contribution is 5.92. The standard InChI is InChI=1S/C20H24N2O6/c1-11(10-21-12-5-3-2-4-6-12)22-13(18(24)25)9-20-8-7-14(28-20)15(19(26)27)16(20)17(22)23/h2-6,11,13-16,21H,7-10H2,1H3,(H,24,25)(H,26,27). The van der Waals surface area contributed by atoms with Crippen LogP contribution in [0.5, 0.6) is 0 Å². The van der Waals surface area contributed by atoms with Crippen LogP contribution in [-0.4, -0.2) is 63.3 Å². The number of likely N-dealkylation sites (tertiary alicyclic amines) is 1. The molecule has 4 rings (SSSR count). The summed E-state index contributed by atoms with van der Waals surface area (Å²) in [5.41, 5.74) is -0.0921. The normalized spacial score (nSPS) is 34.8. The summed E-state index contributed by atoms with van der Waals surface area (Å²) in [5.74, 6) is -4.28. The number of piperidine rings is 1. The summed E-state index contributed by atoms with van der Waals surface area (Å²) < 4.78 is 5.94. The van der Waals surface area contributed by atoms with Crippen molar-refractivity contribution in [3.8, 4) is 0 Å². The molecular weight excluding hydrogens is 364 g/mol. The summed E-state index contributed by atoms with van der Waals surface area (Å²) in [5, 5.41) is 22.7. The van der Waals surface area contributed by atoms with E-state index in [9.17, 15) is 24.6 Å². The van der Waals surface area contributed by atoms with E-state index in [1.54, 1.807) is 6.92 Å². The lowest BCUT2D eigenvalue weighted by molar-refractivity contribution is -0.172. The number of carbonyl (C=O) groups excluding carboxylic acids is 1. The van der Waals surface area contributed by atoms with Gasteiger partial charge in [-0.25, -0.2) is 4.79 Å². The number of ether oxygens (including phenoxy) is 1. The van der Waals surface area contributed by atoms with Gasteiger partial charge in [0.15, 0.2) is 0 Å². The molecule has 150 valence electrons. The van der Waals surface area contributed by atoms with Crippen LogP contribution in [0.25, 0.3) is 0 Å². The third-order valence-corrected chi connectivity index (χ3v) is 6.38. The first-order valence-electron chi connectivity index (χ1n) is 9.58. The molecule has 1 spiro atoms. The van der Waals surface area contributed by atoms with Crippen LogP contribution >= 0.6 is 0 Å². The molecule has 3 aliphatic rings. The van der Waals surface area contributed by atoms with Crippen LogP contribution in [0.2, 0.25) is 0 Å². The van der Waals surface area contributed by atoms with Crippen LogP contribution < -0.4 is 5.32 Å². The third-order valence-electron chi connectivity index (χ3n) is 6.38. The lowest BCUT2D eigenvalue weighted by atomic mass is 9.66. The number of rotatable bonds is 6. The van der Waals surface area contributed by atoms with Gasteiger partial charge in [0, 0.05) is 24.7 Å². The number of carboxylic acid groups (broad SMARTS) is 2. The molecule has 0 aromatic heterocycles. The average molecular weight is 388 g/mol. The highest BCUT2D eigenvalue weighted by atomic mass is 16.5. The van der Waals surface area contributed by atoms with Gasteiger partial charge < -0.3 is 25.2 Å². The molecule has 3 fully saturated rings. The van der Waals surface area contributed by atoms with E-state index in [-0.39, 0.29) is 6.42 Å². The number of aliphatic carboxylic acids is 2. The highest BCUT2D eigenvalue weighted by Gasteiger charge is 2.69. The molecule has 3 heterocycles. The van der Waals surface area contributed by atoms with Crippen LogP contribution in [0.1, 0.15) is 26.2 Å². The number of carboxylic acids is 2. The van der Waals surface area contributed by atoms with E-state index in [2.05, 4.69) is 5.32 Å².